The van der Waals surface area contributed by atoms with Gasteiger partial charge < -0.3 is 5.32 Å². The number of carbonyl (C=O) groups is 1. The first-order valence-corrected chi connectivity index (χ1v) is 12.6. The Kier molecular flexibility index (Phi) is 5.52. The molecule has 0 spiro atoms. The van der Waals surface area contributed by atoms with E-state index >= 15 is 0 Å². The number of nitrogens with zero attached hydrogens (tertiary/aromatic N) is 6. The highest BCUT2D eigenvalue weighted by molar-refractivity contribution is 7.16. The topological polar surface area (TPSA) is 101 Å². The van der Waals surface area contributed by atoms with Crippen LogP contribution in [0.15, 0.2) is 18.3 Å². The van der Waals surface area contributed by atoms with Gasteiger partial charge in [0.15, 0.2) is 11.3 Å². The molecule has 5 rings (SSSR count). The number of rotatable bonds is 3. The summed E-state index contributed by atoms with van der Waals surface area (Å²) < 4.78 is 3.52. The Labute approximate surface area is 208 Å². The first kappa shape index (κ1) is 23.2. The van der Waals surface area contributed by atoms with Crippen LogP contribution in [-0.2, 0) is 19.9 Å². The summed E-state index contributed by atoms with van der Waals surface area (Å²) >= 11 is 1.53. The molecule has 35 heavy (non-hydrogen) atoms. The van der Waals surface area contributed by atoms with Crippen LogP contribution in [0.2, 0.25) is 0 Å². The summed E-state index contributed by atoms with van der Waals surface area (Å²) in [6.45, 7) is 10.8. The smallest absolute Gasteiger partial charge is 0.276 e. The largest absolute Gasteiger partial charge is 0.311 e. The van der Waals surface area contributed by atoms with Gasteiger partial charge in [-0.25, -0.2) is 9.50 Å². The fourth-order valence-corrected chi connectivity index (χ4v) is 6.31. The zero-order chi connectivity index (χ0) is 25.1. The van der Waals surface area contributed by atoms with Crippen LogP contribution in [0.5, 0.6) is 0 Å². The van der Waals surface area contributed by atoms with Crippen LogP contribution in [0.3, 0.4) is 0 Å². The number of nitrogens with one attached hydrogen (secondary N) is 1. The van der Waals surface area contributed by atoms with E-state index in [4.69, 9.17) is 0 Å². The van der Waals surface area contributed by atoms with E-state index in [9.17, 15) is 10.1 Å². The Hall–Kier alpha value is -3.51. The zero-order valence-electron chi connectivity index (χ0n) is 20.9. The van der Waals surface area contributed by atoms with E-state index in [0.717, 1.165) is 47.5 Å². The molecule has 1 atom stereocenters. The van der Waals surface area contributed by atoms with Gasteiger partial charge in [-0.2, -0.15) is 15.5 Å². The molecular weight excluding hydrogens is 458 g/mol. The molecule has 0 bridgehead atoms. The van der Waals surface area contributed by atoms with Crippen molar-refractivity contribution in [2.45, 2.75) is 53.9 Å². The van der Waals surface area contributed by atoms with E-state index in [2.05, 4.69) is 47.3 Å². The van der Waals surface area contributed by atoms with Gasteiger partial charge in [0.05, 0.1) is 17.0 Å². The van der Waals surface area contributed by atoms with E-state index in [1.165, 1.54) is 16.2 Å². The number of aromatic nitrogens is 5. The number of amides is 1. The van der Waals surface area contributed by atoms with Gasteiger partial charge in [0, 0.05) is 35.4 Å². The fraction of sp³-hybridized carbons (Fsp3) is 0.423. The van der Waals surface area contributed by atoms with E-state index < -0.39 is 0 Å². The van der Waals surface area contributed by atoms with E-state index in [1.54, 1.807) is 16.8 Å². The number of fused-ring (bicyclic) bond motifs is 2. The van der Waals surface area contributed by atoms with Crippen molar-refractivity contribution < 1.29 is 4.79 Å². The summed E-state index contributed by atoms with van der Waals surface area (Å²) in [5.41, 5.74) is 6.43. The number of aryl methyl sites for hydroxylation is 2. The van der Waals surface area contributed by atoms with Crippen LogP contribution >= 0.6 is 11.3 Å². The van der Waals surface area contributed by atoms with Crippen LogP contribution in [0, 0.1) is 36.5 Å². The maximum absolute atomic E-state index is 13.2. The van der Waals surface area contributed by atoms with Crippen molar-refractivity contribution in [3.8, 4) is 17.3 Å². The van der Waals surface area contributed by atoms with Crippen molar-refractivity contribution >= 4 is 27.9 Å². The molecule has 0 radical (unpaired) electrons. The standard InChI is InChI=1S/C26H29N7OS/c1-14-23(15(2)32(6)30-14)20-9-10-28-22-12-19(31-33(20)22)24(34)29-25-18(13-27)17-8-7-16(26(3,4)5)11-21(17)35-25/h9-10,12,16H,7-8,11H2,1-6H3,(H,29,34)/t16-/m1/s1. The first-order valence-electron chi connectivity index (χ1n) is 11.8. The minimum Gasteiger partial charge on any atom is -0.311 e. The minimum atomic E-state index is -0.344. The molecule has 0 unspecified atom stereocenters. The van der Waals surface area contributed by atoms with Crippen molar-refractivity contribution in [1.82, 2.24) is 24.4 Å². The maximum atomic E-state index is 13.2. The number of nitriles is 1. The molecular formula is C26H29N7OS. The second kappa shape index (κ2) is 8.31. The summed E-state index contributed by atoms with van der Waals surface area (Å²) in [6, 6.07) is 5.89. The molecule has 0 fully saturated rings. The van der Waals surface area contributed by atoms with Crippen LogP contribution < -0.4 is 5.32 Å². The monoisotopic (exact) mass is 487 g/mol. The van der Waals surface area contributed by atoms with Crippen LogP contribution in [0.4, 0.5) is 5.00 Å². The van der Waals surface area contributed by atoms with Crippen molar-refractivity contribution in [3.63, 3.8) is 0 Å². The van der Waals surface area contributed by atoms with Crippen LogP contribution in [0.1, 0.15) is 65.1 Å². The van der Waals surface area contributed by atoms with Crippen molar-refractivity contribution in [3.05, 3.63) is 51.4 Å². The Morgan fingerprint density at radius 1 is 1.29 bits per heavy atom. The number of anilines is 1. The van der Waals surface area contributed by atoms with Gasteiger partial charge in [0.25, 0.3) is 5.91 Å². The lowest BCUT2D eigenvalue weighted by Crippen LogP contribution is -2.26. The SMILES string of the molecule is Cc1nn(C)c(C)c1-c1ccnc2cc(C(=O)Nc3sc4c(c3C#N)CC[C@@H](C(C)(C)C)C4)nn12. The summed E-state index contributed by atoms with van der Waals surface area (Å²) in [7, 11) is 1.91. The number of carbonyl (C=O) groups excluding carboxylic acids is 1. The summed E-state index contributed by atoms with van der Waals surface area (Å²) in [5, 5.41) is 22.6. The van der Waals surface area contributed by atoms with Gasteiger partial charge in [0.1, 0.15) is 11.1 Å². The third kappa shape index (κ3) is 3.92. The molecule has 4 aromatic rings. The highest BCUT2D eigenvalue weighted by Crippen LogP contribution is 2.44. The molecule has 0 aromatic carbocycles. The molecule has 1 amide bonds. The Bertz CT molecular complexity index is 1510. The molecule has 4 aromatic heterocycles. The molecule has 4 heterocycles. The molecule has 8 nitrogen and oxygen atoms in total. The Balaban J connectivity index is 1.48. The first-order chi connectivity index (χ1) is 16.6. The molecule has 9 heteroatoms. The normalized spacial score (nSPS) is 15.7. The molecule has 0 saturated heterocycles. The van der Waals surface area contributed by atoms with Crippen molar-refractivity contribution in [2.24, 2.45) is 18.4 Å². The lowest BCUT2D eigenvalue weighted by Gasteiger charge is -2.33. The third-order valence-corrected chi connectivity index (χ3v) is 8.35. The summed E-state index contributed by atoms with van der Waals surface area (Å²) in [4.78, 5) is 18.9. The van der Waals surface area contributed by atoms with E-state index in [-0.39, 0.29) is 17.0 Å². The average molecular weight is 488 g/mol. The predicted octanol–water partition coefficient (Wildman–Crippen LogP) is 5.08. The maximum Gasteiger partial charge on any atom is 0.276 e. The zero-order valence-corrected chi connectivity index (χ0v) is 21.7. The van der Waals surface area contributed by atoms with Crippen LogP contribution in [-0.4, -0.2) is 30.3 Å². The lowest BCUT2D eigenvalue weighted by molar-refractivity contribution is 0.102. The van der Waals surface area contributed by atoms with E-state index in [0.29, 0.717) is 22.1 Å². The number of thiophene rings is 1. The number of hydrogen-bond donors (Lipinski definition) is 1. The van der Waals surface area contributed by atoms with Gasteiger partial charge in [-0.15, -0.1) is 11.3 Å². The second-order valence-corrected chi connectivity index (χ2v) is 11.5. The van der Waals surface area contributed by atoms with E-state index in [1.807, 2.05) is 31.6 Å². The molecule has 1 aliphatic carbocycles. The predicted molar refractivity (Wildman–Crippen MR) is 137 cm³/mol. The highest BCUT2D eigenvalue weighted by atomic mass is 32.1. The molecule has 1 N–H and O–H groups in total. The summed E-state index contributed by atoms with van der Waals surface area (Å²) in [5.74, 6) is 0.217. The van der Waals surface area contributed by atoms with Crippen molar-refractivity contribution in [2.75, 3.05) is 5.32 Å². The molecule has 0 aliphatic heterocycles. The minimum absolute atomic E-state index is 0.212. The van der Waals surface area contributed by atoms with Gasteiger partial charge in [-0.05, 0) is 56.1 Å². The summed E-state index contributed by atoms with van der Waals surface area (Å²) in [6.07, 6.45) is 4.59. The Morgan fingerprint density at radius 2 is 2.06 bits per heavy atom. The van der Waals surface area contributed by atoms with Gasteiger partial charge in [-0.1, -0.05) is 20.8 Å². The molecule has 0 saturated carbocycles. The molecule has 1 aliphatic rings. The second-order valence-electron chi connectivity index (χ2n) is 10.4. The molecule has 180 valence electrons. The highest BCUT2D eigenvalue weighted by Gasteiger charge is 2.32. The Morgan fingerprint density at radius 3 is 2.71 bits per heavy atom. The van der Waals surface area contributed by atoms with Gasteiger partial charge >= 0.3 is 0 Å². The number of hydrogen-bond acceptors (Lipinski definition) is 6. The average Bonchev–Trinajstić information content (AvgIpc) is 3.45. The quantitative estimate of drug-likeness (QED) is 0.434. The third-order valence-electron chi connectivity index (χ3n) is 7.18. The van der Waals surface area contributed by atoms with Crippen molar-refractivity contribution in [1.29, 1.82) is 5.26 Å². The lowest BCUT2D eigenvalue weighted by atomic mass is 9.72. The van der Waals surface area contributed by atoms with Gasteiger partial charge in [-0.3, -0.25) is 9.48 Å². The van der Waals surface area contributed by atoms with Crippen LogP contribution in [0.25, 0.3) is 16.9 Å². The fourth-order valence-electron chi connectivity index (χ4n) is 5.04. The van der Waals surface area contributed by atoms with Gasteiger partial charge in [0.2, 0.25) is 0 Å².